The van der Waals surface area contributed by atoms with Crippen molar-refractivity contribution in [2.45, 2.75) is 26.7 Å². The lowest BCUT2D eigenvalue weighted by Gasteiger charge is -2.18. The van der Waals surface area contributed by atoms with Crippen LogP contribution in [-0.2, 0) is 14.3 Å². The number of methoxy groups -OCH3 is 1. The Morgan fingerprint density at radius 3 is 2.18 bits per heavy atom. The number of carbonyl (C=O) groups is 3. The van der Waals surface area contributed by atoms with Crippen molar-refractivity contribution < 1.29 is 19.1 Å². The number of ether oxygens (including phenoxy) is 1. The zero-order chi connectivity index (χ0) is 13.3. The van der Waals surface area contributed by atoms with E-state index < -0.39 is 5.97 Å². The first kappa shape index (κ1) is 15.4. The Hall–Kier alpha value is -1.59. The Bertz CT molecular complexity index is 275. The molecule has 0 aromatic rings. The van der Waals surface area contributed by atoms with Crippen molar-refractivity contribution in [1.29, 1.82) is 0 Å². The van der Waals surface area contributed by atoms with E-state index in [2.05, 4.69) is 10.1 Å². The van der Waals surface area contributed by atoms with E-state index in [1.165, 1.54) is 7.11 Å². The SMILES string of the molecule is CCN(CC)C(=O)NCC(=O)CCC(=O)OC. The van der Waals surface area contributed by atoms with Gasteiger partial charge < -0.3 is 15.0 Å². The van der Waals surface area contributed by atoms with Gasteiger partial charge in [-0.25, -0.2) is 4.79 Å². The zero-order valence-electron chi connectivity index (χ0n) is 10.6. The van der Waals surface area contributed by atoms with Crippen molar-refractivity contribution in [1.82, 2.24) is 10.2 Å². The van der Waals surface area contributed by atoms with Gasteiger partial charge in [0.2, 0.25) is 0 Å². The topological polar surface area (TPSA) is 75.7 Å². The summed E-state index contributed by atoms with van der Waals surface area (Å²) >= 11 is 0. The highest BCUT2D eigenvalue weighted by atomic mass is 16.5. The molecule has 0 aliphatic rings. The van der Waals surface area contributed by atoms with Gasteiger partial charge in [0.25, 0.3) is 0 Å². The third kappa shape index (κ3) is 6.55. The molecule has 0 heterocycles. The number of esters is 1. The van der Waals surface area contributed by atoms with E-state index >= 15 is 0 Å². The first-order valence-electron chi connectivity index (χ1n) is 5.66. The number of nitrogens with one attached hydrogen (secondary N) is 1. The van der Waals surface area contributed by atoms with E-state index in [0.29, 0.717) is 13.1 Å². The van der Waals surface area contributed by atoms with E-state index in [-0.39, 0.29) is 31.2 Å². The highest BCUT2D eigenvalue weighted by Gasteiger charge is 2.11. The molecule has 2 amide bonds. The van der Waals surface area contributed by atoms with Crippen molar-refractivity contribution in [3.63, 3.8) is 0 Å². The van der Waals surface area contributed by atoms with E-state index in [0.717, 1.165) is 0 Å². The van der Waals surface area contributed by atoms with Crippen LogP contribution in [0.25, 0.3) is 0 Å². The normalized spacial score (nSPS) is 9.59. The van der Waals surface area contributed by atoms with Gasteiger partial charge in [0.05, 0.1) is 20.1 Å². The summed E-state index contributed by atoms with van der Waals surface area (Å²) in [6.45, 7) is 4.87. The van der Waals surface area contributed by atoms with Crippen molar-refractivity contribution in [3.05, 3.63) is 0 Å². The highest BCUT2D eigenvalue weighted by Crippen LogP contribution is 1.93. The maximum Gasteiger partial charge on any atom is 0.317 e. The van der Waals surface area contributed by atoms with Crippen LogP contribution < -0.4 is 5.32 Å². The molecule has 0 radical (unpaired) electrons. The highest BCUT2D eigenvalue weighted by molar-refractivity contribution is 5.87. The maximum absolute atomic E-state index is 11.5. The second kappa shape index (κ2) is 8.55. The van der Waals surface area contributed by atoms with E-state index in [1.807, 2.05) is 13.8 Å². The summed E-state index contributed by atoms with van der Waals surface area (Å²) in [5.74, 6) is -0.607. The number of nitrogens with zero attached hydrogens (tertiary/aromatic N) is 1. The summed E-state index contributed by atoms with van der Waals surface area (Å²) in [5, 5.41) is 2.51. The minimum atomic E-state index is -0.423. The summed E-state index contributed by atoms with van der Waals surface area (Å²) in [4.78, 5) is 35.2. The lowest BCUT2D eigenvalue weighted by atomic mass is 10.2. The minimum Gasteiger partial charge on any atom is -0.469 e. The van der Waals surface area contributed by atoms with Gasteiger partial charge >= 0.3 is 12.0 Å². The van der Waals surface area contributed by atoms with Gasteiger partial charge in [0.1, 0.15) is 0 Å². The summed E-state index contributed by atoms with van der Waals surface area (Å²) in [6.07, 6.45) is 0.141. The molecule has 0 rings (SSSR count). The maximum atomic E-state index is 11.5. The van der Waals surface area contributed by atoms with Crippen molar-refractivity contribution in [3.8, 4) is 0 Å². The molecule has 6 heteroatoms. The molecule has 0 aromatic heterocycles. The molecule has 17 heavy (non-hydrogen) atoms. The monoisotopic (exact) mass is 244 g/mol. The molecule has 0 aliphatic carbocycles. The van der Waals surface area contributed by atoms with Crippen molar-refractivity contribution >= 4 is 17.8 Å². The third-order valence-electron chi connectivity index (χ3n) is 2.32. The summed E-state index contributed by atoms with van der Waals surface area (Å²) in [5.41, 5.74) is 0. The minimum absolute atomic E-state index is 0.0493. The number of hydrogen-bond donors (Lipinski definition) is 1. The fourth-order valence-electron chi connectivity index (χ4n) is 1.23. The van der Waals surface area contributed by atoms with Crippen LogP contribution in [0.4, 0.5) is 4.79 Å². The summed E-state index contributed by atoms with van der Waals surface area (Å²) < 4.78 is 4.41. The molecule has 0 aliphatic heterocycles. The standard InChI is InChI=1S/C11H20N2O4/c1-4-13(5-2)11(16)12-8-9(14)6-7-10(15)17-3/h4-8H2,1-3H3,(H,12,16). The van der Waals surface area contributed by atoms with Gasteiger partial charge in [-0.15, -0.1) is 0 Å². The van der Waals surface area contributed by atoms with E-state index in [1.54, 1.807) is 4.90 Å². The number of hydrogen-bond acceptors (Lipinski definition) is 4. The molecule has 0 fully saturated rings. The third-order valence-corrected chi connectivity index (χ3v) is 2.32. The van der Waals surface area contributed by atoms with Gasteiger partial charge in [-0.3, -0.25) is 9.59 Å². The van der Waals surface area contributed by atoms with Gasteiger partial charge in [-0.2, -0.15) is 0 Å². The second-order valence-corrected chi connectivity index (χ2v) is 3.45. The molecule has 0 saturated carbocycles. The van der Waals surface area contributed by atoms with Gasteiger partial charge in [0.15, 0.2) is 5.78 Å². The van der Waals surface area contributed by atoms with Crippen LogP contribution >= 0.6 is 0 Å². The van der Waals surface area contributed by atoms with Crippen LogP contribution in [0.15, 0.2) is 0 Å². The molecule has 0 aromatic carbocycles. The first-order valence-corrected chi connectivity index (χ1v) is 5.66. The molecular weight excluding hydrogens is 224 g/mol. The largest absolute Gasteiger partial charge is 0.469 e. The molecule has 0 bridgehead atoms. The number of rotatable bonds is 7. The van der Waals surface area contributed by atoms with Crippen LogP contribution in [0, 0.1) is 0 Å². The first-order chi connectivity index (χ1) is 8.04. The van der Waals surface area contributed by atoms with Crippen LogP contribution in [0.1, 0.15) is 26.7 Å². The van der Waals surface area contributed by atoms with Crippen LogP contribution in [0.5, 0.6) is 0 Å². The van der Waals surface area contributed by atoms with E-state index in [9.17, 15) is 14.4 Å². The zero-order valence-corrected chi connectivity index (χ0v) is 10.6. The smallest absolute Gasteiger partial charge is 0.317 e. The van der Waals surface area contributed by atoms with Crippen LogP contribution in [0.3, 0.4) is 0 Å². The summed E-state index contributed by atoms with van der Waals surface area (Å²) in [7, 11) is 1.27. The van der Waals surface area contributed by atoms with Crippen molar-refractivity contribution in [2.24, 2.45) is 0 Å². The average molecular weight is 244 g/mol. The predicted molar refractivity (Wildman–Crippen MR) is 62.6 cm³/mol. The quantitative estimate of drug-likeness (QED) is 0.664. The Labute approximate surface area is 101 Å². The number of amides is 2. The Kier molecular flexibility index (Phi) is 7.75. The molecule has 0 atom stereocenters. The molecule has 0 spiro atoms. The lowest BCUT2D eigenvalue weighted by Crippen LogP contribution is -2.41. The molecule has 0 saturated heterocycles. The van der Waals surface area contributed by atoms with Gasteiger partial charge in [-0.1, -0.05) is 0 Å². The number of carbonyl (C=O) groups excluding carboxylic acids is 3. The van der Waals surface area contributed by atoms with E-state index in [4.69, 9.17) is 0 Å². The summed E-state index contributed by atoms with van der Waals surface area (Å²) in [6, 6.07) is -0.263. The Morgan fingerprint density at radius 1 is 1.12 bits per heavy atom. The van der Waals surface area contributed by atoms with Gasteiger partial charge in [0, 0.05) is 19.5 Å². The molecular formula is C11H20N2O4. The van der Waals surface area contributed by atoms with Crippen LogP contribution in [0.2, 0.25) is 0 Å². The Balaban J connectivity index is 3.83. The van der Waals surface area contributed by atoms with Crippen LogP contribution in [-0.4, -0.2) is 49.4 Å². The molecule has 6 nitrogen and oxygen atoms in total. The number of Topliss-reactive ketones (excluding diaryl/α,β-unsaturated/α-hetero) is 1. The molecule has 1 N–H and O–H groups in total. The predicted octanol–water partition coefficient (Wildman–Crippen LogP) is 0.560. The fraction of sp³-hybridized carbons (Fsp3) is 0.727. The lowest BCUT2D eigenvalue weighted by molar-refractivity contribution is -0.141. The van der Waals surface area contributed by atoms with Gasteiger partial charge in [-0.05, 0) is 13.8 Å². The van der Waals surface area contributed by atoms with Crippen molar-refractivity contribution in [2.75, 3.05) is 26.7 Å². The number of ketones is 1. The fourth-order valence-corrected chi connectivity index (χ4v) is 1.23. The molecule has 0 unspecified atom stereocenters. The number of urea groups is 1. The molecule has 98 valence electrons. The average Bonchev–Trinajstić information content (AvgIpc) is 2.34. The second-order valence-electron chi connectivity index (χ2n) is 3.45. The Morgan fingerprint density at radius 2 is 1.71 bits per heavy atom.